The summed E-state index contributed by atoms with van der Waals surface area (Å²) in [6.45, 7) is 2.05. The number of alkyl halides is 1. The number of halogens is 1. The molecule has 2 aromatic rings. The van der Waals surface area contributed by atoms with Crippen LogP contribution in [0.4, 0.5) is 5.69 Å². The van der Waals surface area contributed by atoms with Crippen LogP contribution in [-0.2, 0) is 0 Å². The molecule has 5 heteroatoms. The molecule has 0 fully saturated rings. The number of anilines is 1. The zero-order valence-corrected chi connectivity index (χ0v) is 10.1. The molecule has 1 aromatic carbocycles. The number of aromatic hydroxyl groups is 1. The van der Waals surface area contributed by atoms with Crippen LogP contribution in [0.2, 0.25) is 0 Å². The number of benzene rings is 1. The topological polar surface area (TPSA) is 41.3 Å². The highest BCUT2D eigenvalue weighted by Gasteiger charge is 2.29. The number of imidazole rings is 1. The number of para-hydroxylation sites is 1. The standard InChI is InChI=1S/C12H12ClN3O/c1-8-10-5-14-7-16(10)9-3-2-4-11(17)12(9)15(8)6-13/h2-5,7-8,17H,6H2,1H3/t8-/m0/s1. The Bertz CT molecular complexity index is 567. The summed E-state index contributed by atoms with van der Waals surface area (Å²) < 4.78 is 1.99. The molecule has 1 N–H and O–H groups in total. The molecule has 1 aliphatic rings. The molecular formula is C12H12ClN3O. The number of nitrogens with zero attached hydrogens (tertiary/aromatic N) is 3. The lowest BCUT2D eigenvalue weighted by Crippen LogP contribution is -2.31. The molecule has 1 aromatic heterocycles. The number of hydrogen-bond acceptors (Lipinski definition) is 3. The molecule has 88 valence electrons. The Morgan fingerprint density at radius 2 is 2.29 bits per heavy atom. The fraction of sp³-hybridized carbons (Fsp3) is 0.250. The molecule has 4 nitrogen and oxygen atoms in total. The minimum absolute atomic E-state index is 0.0933. The highest BCUT2D eigenvalue weighted by Crippen LogP contribution is 2.43. The van der Waals surface area contributed by atoms with Crippen LogP contribution in [0, 0.1) is 0 Å². The molecule has 0 bridgehead atoms. The maximum atomic E-state index is 10.0. The van der Waals surface area contributed by atoms with E-state index in [9.17, 15) is 5.11 Å². The van der Waals surface area contributed by atoms with Crippen LogP contribution in [0.5, 0.6) is 5.75 Å². The van der Waals surface area contributed by atoms with E-state index >= 15 is 0 Å². The van der Waals surface area contributed by atoms with E-state index in [1.165, 1.54) is 0 Å². The van der Waals surface area contributed by atoms with Crippen molar-refractivity contribution in [1.29, 1.82) is 0 Å². The van der Waals surface area contributed by atoms with E-state index in [1.807, 2.05) is 34.7 Å². The average Bonchev–Trinajstić information content (AvgIpc) is 2.80. The van der Waals surface area contributed by atoms with Crippen LogP contribution in [0.1, 0.15) is 18.7 Å². The van der Waals surface area contributed by atoms with Gasteiger partial charge in [0.2, 0.25) is 0 Å². The monoisotopic (exact) mass is 249 g/mol. The quantitative estimate of drug-likeness (QED) is 0.624. The van der Waals surface area contributed by atoms with E-state index < -0.39 is 0 Å². The van der Waals surface area contributed by atoms with Gasteiger partial charge in [-0.25, -0.2) is 4.98 Å². The van der Waals surface area contributed by atoms with Gasteiger partial charge >= 0.3 is 0 Å². The van der Waals surface area contributed by atoms with E-state index in [0.717, 1.165) is 17.1 Å². The number of aromatic nitrogens is 2. The molecule has 0 radical (unpaired) electrons. The van der Waals surface area contributed by atoms with E-state index in [2.05, 4.69) is 4.98 Å². The lowest BCUT2D eigenvalue weighted by atomic mass is 10.1. The molecule has 0 aliphatic carbocycles. The predicted molar refractivity (Wildman–Crippen MR) is 66.8 cm³/mol. The first-order valence-electron chi connectivity index (χ1n) is 5.41. The molecule has 0 saturated heterocycles. The molecule has 17 heavy (non-hydrogen) atoms. The third-order valence-corrected chi connectivity index (χ3v) is 3.49. The Labute approximate surface area is 104 Å². The Morgan fingerprint density at radius 3 is 3.06 bits per heavy atom. The van der Waals surface area contributed by atoms with Gasteiger partial charge in [-0.3, -0.25) is 4.57 Å². The van der Waals surface area contributed by atoms with Crippen molar-refractivity contribution in [3.05, 3.63) is 36.4 Å². The van der Waals surface area contributed by atoms with Gasteiger partial charge in [0.25, 0.3) is 0 Å². The smallest absolute Gasteiger partial charge is 0.141 e. The molecule has 0 spiro atoms. The van der Waals surface area contributed by atoms with E-state index in [1.54, 1.807) is 12.4 Å². The molecule has 1 aliphatic heterocycles. The highest BCUT2D eigenvalue weighted by molar-refractivity contribution is 6.19. The van der Waals surface area contributed by atoms with Gasteiger partial charge in [0.1, 0.15) is 11.4 Å². The van der Waals surface area contributed by atoms with E-state index in [4.69, 9.17) is 11.6 Å². The third kappa shape index (κ3) is 1.34. The molecule has 0 unspecified atom stereocenters. The lowest BCUT2D eigenvalue weighted by Gasteiger charge is -2.36. The number of fused-ring (bicyclic) bond motifs is 3. The zero-order chi connectivity index (χ0) is 12.0. The summed E-state index contributed by atoms with van der Waals surface area (Å²) in [7, 11) is 0. The molecule has 1 atom stereocenters. The Balaban J connectivity index is 2.32. The summed E-state index contributed by atoms with van der Waals surface area (Å²) in [5.41, 5.74) is 2.75. The molecule has 0 amide bonds. The number of phenols is 1. The van der Waals surface area contributed by atoms with Gasteiger partial charge in [-0.15, -0.1) is 11.6 Å². The van der Waals surface area contributed by atoms with E-state index in [0.29, 0.717) is 6.00 Å². The summed E-state index contributed by atoms with van der Waals surface area (Å²) in [5.74, 6) is 0.245. The zero-order valence-electron chi connectivity index (χ0n) is 9.34. The van der Waals surface area contributed by atoms with Crippen molar-refractivity contribution in [1.82, 2.24) is 9.55 Å². The maximum Gasteiger partial charge on any atom is 0.141 e. The second-order valence-electron chi connectivity index (χ2n) is 4.10. The van der Waals surface area contributed by atoms with Gasteiger partial charge in [0, 0.05) is 0 Å². The molecule has 0 saturated carbocycles. The highest BCUT2D eigenvalue weighted by atomic mass is 35.5. The van der Waals surface area contributed by atoms with Crippen molar-refractivity contribution >= 4 is 17.3 Å². The van der Waals surface area contributed by atoms with Crippen LogP contribution < -0.4 is 4.90 Å². The largest absolute Gasteiger partial charge is 0.506 e. The summed E-state index contributed by atoms with van der Waals surface area (Å²) in [4.78, 5) is 6.12. The van der Waals surface area contributed by atoms with Gasteiger partial charge in [-0.05, 0) is 19.1 Å². The average molecular weight is 250 g/mol. The van der Waals surface area contributed by atoms with Crippen molar-refractivity contribution in [2.75, 3.05) is 10.9 Å². The fourth-order valence-electron chi connectivity index (χ4n) is 2.34. The van der Waals surface area contributed by atoms with Gasteiger partial charge in [0.15, 0.2) is 0 Å². The predicted octanol–water partition coefficient (Wildman–Crippen LogP) is 2.66. The molecule has 3 rings (SSSR count). The van der Waals surface area contributed by atoms with Crippen molar-refractivity contribution in [2.45, 2.75) is 13.0 Å². The maximum absolute atomic E-state index is 10.0. The minimum Gasteiger partial charge on any atom is -0.506 e. The first-order chi connectivity index (χ1) is 8.24. The number of phenolic OH excluding ortho intramolecular Hbond substituents is 1. The van der Waals surface area contributed by atoms with Gasteiger partial charge in [-0.2, -0.15) is 0 Å². The SMILES string of the molecule is C[C@H]1c2cncn2-c2cccc(O)c2N1CCl. The Hall–Kier alpha value is -1.68. The summed E-state index contributed by atoms with van der Waals surface area (Å²) in [6.07, 6.45) is 3.59. The molecular weight excluding hydrogens is 238 g/mol. The Kier molecular flexibility index (Phi) is 2.26. The van der Waals surface area contributed by atoms with E-state index in [-0.39, 0.29) is 11.8 Å². The number of rotatable bonds is 1. The van der Waals surface area contributed by atoms with Crippen LogP contribution >= 0.6 is 11.6 Å². The van der Waals surface area contributed by atoms with Crippen LogP contribution in [-0.4, -0.2) is 20.7 Å². The summed E-state index contributed by atoms with van der Waals surface area (Å²) >= 11 is 5.99. The van der Waals surface area contributed by atoms with Gasteiger partial charge in [0.05, 0.1) is 36.0 Å². The van der Waals surface area contributed by atoms with Gasteiger partial charge < -0.3 is 10.0 Å². The number of hydrogen-bond donors (Lipinski definition) is 1. The second-order valence-corrected chi connectivity index (χ2v) is 4.34. The second kappa shape index (κ2) is 3.67. The lowest BCUT2D eigenvalue weighted by molar-refractivity contribution is 0.470. The summed E-state index contributed by atoms with van der Waals surface area (Å²) in [5, 5.41) is 10.0. The van der Waals surface area contributed by atoms with Crippen molar-refractivity contribution in [3.63, 3.8) is 0 Å². The third-order valence-electron chi connectivity index (χ3n) is 3.23. The van der Waals surface area contributed by atoms with Crippen molar-refractivity contribution in [2.24, 2.45) is 0 Å². The first-order valence-corrected chi connectivity index (χ1v) is 5.94. The van der Waals surface area contributed by atoms with Crippen LogP contribution in [0.25, 0.3) is 5.69 Å². The van der Waals surface area contributed by atoms with Crippen molar-refractivity contribution in [3.8, 4) is 11.4 Å². The van der Waals surface area contributed by atoms with Gasteiger partial charge in [-0.1, -0.05) is 6.07 Å². The molecule has 2 heterocycles. The summed E-state index contributed by atoms with van der Waals surface area (Å²) in [6, 6.07) is 5.87. The van der Waals surface area contributed by atoms with Crippen molar-refractivity contribution < 1.29 is 5.11 Å². The normalized spacial score (nSPS) is 17.8. The fourth-order valence-corrected chi connectivity index (χ4v) is 2.67. The van der Waals surface area contributed by atoms with Crippen LogP contribution in [0.15, 0.2) is 30.7 Å². The van der Waals surface area contributed by atoms with Crippen LogP contribution in [0.3, 0.4) is 0 Å². The first kappa shape index (κ1) is 10.5. The Morgan fingerprint density at radius 1 is 1.47 bits per heavy atom. The minimum atomic E-state index is 0.0933.